The van der Waals surface area contributed by atoms with Gasteiger partial charge in [0.25, 0.3) is 0 Å². The van der Waals surface area contributed by atoms with Crippen molar-refractivity contribution in [1.29, 1.82) is 0 Å². The highest BCUT2D eigenvalue weighted by molar-refractivity contribution is 5.90. The van der Waals surface area contributed by atoms with Crippen molar-refractivity contribution >= 4 is 11.4 Å². The average Bonchev–Trinajstić information content (AvgIpc) is 2.96. The van der Waals surface area contributed by atoms with Crippen LogP contribution in [0, 0.1) is 5.82 Å². The van der Waals surface area contributed by atoms with Gasteiger partial charge in [0.05, 0.1) is 17.4 Å². The molecule has 0 bridgehead atoms. The van der Waals surface area contributed by atoms with E-state index < -0.39 is 0 Å². The highest BCUT2D eigenvalue weighted by Crippen LogP contribution is 2.25. The standard InChI is InChI=1S/C15H20FN3O/c16-12-4-1-2-6-14(12)18-8-10-19(11-9-18)15-7-3-5-13(15)17-20/h1-2,4,6,15,20H,3,5,7-11H2. The Morgan fingerprint density at radius 2 is 1.90 bits per heavy atom. The van der Waals surface area contributed by atoms with E-state index in [4.69, 9.17) is 5.21 Å². The Bertz CT molecular complexity index is 498. The van der Waals surface area contributed by atoms with Gasteiger partial charge in [-0.25, -0.2) is 4.39 Å². The molecule has 108 valence electrons. The van der Waals surface area contributed by atoms with E-state index in [1.807, 2.05) is 12.1 Å². The van der Waals surface area contributed by atoms with E-state index >= 15 is 0 Å². The van der Waals surface area contributed by atoms with Gasteiger partial charge in [0.2, 0.25) is 0 Å². The predicted molar refractivity (Wildman–Crippen MR) is 77.0 cm³/mol. The second kappa shape index (κ2) is 5.79. The Balaban J connectivity index is 1.64. The molecule has 1 aliphatic heterocycles. The maximum absolute atomic E-state index is 13.8. The number of hydrogen-bond donors (Lipinski definition) is 1. The Labute approximate surface area is 118 Å². The molecule has 1 saturated heterocycles. The molecule has 1 aliphatic carbocycles. The summed E-state index contributed by atoms with van der Waals surface area (Å²) in [6.07, 6.45) is 3.06. The fourth-order valence-electron chi connectivity index (χ4n) is 3.30. The molecule has 5 heteroatoms. The monoisotopic (exact) mass is 277 g/mol. The van der Waals surface area contributed by atoms with Crippen LogP contribution in [0.2, 0.25) is 0 Å². The quantitative estimate of drug-likeness (QED) is 0.666. The third-order valence-corrected chi connectivity index (χ3v) is 4.37. The Kier molecular flexibility index (Phi) is 3.87. The molecule has 0 amide bonds. The lowest BCUT2D eigenvalue weighted by Gasteiger charge is -2.39. The summed E-state index contributed by atoms with van der Waals surface area (Å²) in [5, 5.41) is 12.5. The van der Waals surface area contributed by atoms with Crippen molar-refractivity contribution in [2.24, 2.45) is 5.16 Å². The lowest BCUT2D eigenvalue weighted by molar-refractivity contribution is 0.220. The fraction of sp³-hybridized carbons (Fsp3) is 0.533. The lowest BCUT2D eigenvalue weighted by atomic mass is 10.1. The fourth-order valence-corrected chi connectivity index (χ4v) is 3.30. The topological polar surface area (TPSA) is 39.1 Å². The second-order valence-corrected chi connectivity index (χ2v) is 5.47. The van der Waals surface area contributed by atoms with Crippen molar-refractivity contribution in [2.75, 3.05) is 31.1 Å². The Hall–Kier alpha value is -1.62. The molecule has 4 nitrogen and oxygen atoms in total. The normalized spacial score (nSPS) is 26.4. The molecular formula is C15H20FN3O. The van der Waals surface area contributed by atoms with Crippen molar-refractivity contribution in [1.82, 2.24) is 4.90 Å². The van der Waals surface area contributed by atoms with Gasteiger partial charge in [0.1, 0.15) is 5.82 Å². The number of rotatable bonds is 2. The van der Waals surface area contributed by atoms with Crippen LogP contribution in [0.5, 0.6) is 0 Å². The van der Waals surface area contributed by atoms with Crippen molar-refractivity contribution in [3.63, 3.8) is 0 Å². The van der Waals surface area contributed by atoms with Gasteiger partial charge < -0.3 is 10.1 Å². The number of halogens is 1. The molecule has 1 atom stereocenters. The van der Waals surface area contributed by atoms with Crippen LogP contribution in [0.15, 0.2) is 29.4 Å². The summed E-state index contributed by atoms with van der Waals surface area (Å²) in [5.41, 5.74) is 1.60. The van der Waals surface area contributed by atoms with Crippen LogP contribution in [0.1, 0.15) is 19.3 Å². The first-order valence-electron chi connectivity index (χ1n) is 7.24. The summed E-state index contributed by atoms with van der Waals surface area (Å²) in [4.78, 5) is 4.45. The molecule has 2 aliphatic rings. The van der Waals surface area contributed by atoms with Crippen LogP contribution in [0.3, 0.4) is 0 Å². The first-order valence-corrected chi connectivity index (χ1v) is 7.24. The van der Waals surface area contributed by atoms with E-state index in [0.717, 1.165) is 51.2 Å². The second-order valence-electron chi connectivity index (χ2n) is 5.47. The summed E-state index contributed by atoms with van der Waals surface area (Å²) in [5.74, 6) is -0.153. The van der Waals surface area contributed by atoms with Gasteiger partial charge in [0, 0.05) is 26.2 Å². The number of para-hydroxylation sites is 1. The molecule has 1 aromatic rings. The number of anilines is 1. The summed E-state index contributed by atoms with van der Waals surface area (Å²) >= 11 is 0. The molecule has 1 saturated carbocycles. The van der Waals surface area contributed by atoms with Crippen LogP contribution in [0.4, 0.5) is 10.1 Å². The molecule has 3 rings (SSSR count). The van der Waals surface area contributed by atoms with Gasteiger partial charge in [0.15, 0.2) is 0 Å². The van der Waals surface area contributed by atoms with Gasteiger partial charge >= 0.3 is 0 Å². The predicted octanol–water partition coefficient (Wildman–Crippen LogP) is 2.33. The molecule has 1 heterocycles. The molecule has 1 N–H and O–H groups in total. The van der Waals surface area contributed by atoms with Crippen LogP contribution < -0.4 is 4.90 Å². The SMILES string of the molecule is ON=C1CCCC1N1CCN(c2ccccc2F)CC1. The molecule has 0 aromatic heterocycles. The maximum atomic E-state index is 13.8. The minimum absolute atomic E-state index is 0.153. The molecule has 0 radical (unpaired) electrons. The van der Waals surface area contributed by atoms with Gasteiger partial charge in [-0.15, -0.1) is 0 Å². The number of piperazine rings is 1. The van der Waals surface area contributed by atoms with Crippen LogP contribution in [-0.4, -0.2) is 48.0 Å². The largest absolute Gasteiger partial charge is 0.411 e. The van der Waals surface area contributed by atoms with Crippen molar-refractivity contribution in [3.8, 4) is 0 Å². The van der Waals surface area contributed by atoms with Crippen LogP contribution >= 0.6 is 0 Å². The highest BCUT2D eigenvalue weighted by atomic mass is 19.1. The van der Waals surface area contributed by atoms with E-state index in [2.05, 4.69) is 15.0 Å². The molecule has 0 spiro atoms. The maximum Gasteiger partial charge on any atom is 0.146 e. The number of hydrogen-bond acceptors (Lipinski definition) is 4. The minimum atomic E-state index is -0.153. The van der Waals surface area contributed by atoms with Gasteiger partial charge in [-0.05, 0) is 31.4 Å². The zero-order valence-electron chi connectivity index (χ0n) is 11.5. The molecule has 20 heavy (non-hydrogen) atoms. The van der Waals surface area contributed by atoms with E-state index in [1.165, 1.54) is 6.07 Å². The Morgan fingerprint density at radius 3 is 2.60 bits per heavy atom. The molecule has 1 aromatic carbocycles. The first kappa shape index (κ1) is 13.4. The summed E-state index contributed by atoms with van der Waals surface area (Å²) < 4.78 is 13.8. The van der Waals surface area contributed by atoms with E-state index in [1.54, 1.807) is 6.07 Å². The van der Waals surface area contributed by atoms with Crippen molar-refractivity contribution in [2.45, 2.75) is 25.3 Å². The first-order chi connectivity index (χ1) is 9.79. The van der Waals surface area contributed by atoms with Crippen LogP contribution in [-0.2, 0) is 0 Å². The average molecular weight is 277 g/mol. The number of benzene rings is 1. The van der Waals surface area contributed by atoms with Crippen molar-refractivity contribution in [3.05, 3.63) is 30.1 Å². The highest BCUT2D eigenvalue weighted by Gasteiger charge is 2.31. The minimum Gasteiger partial charge on any atom is -0.411 e. The molecular weight excluding hydrogens is 257 g/mol. The molecule has 1 unspecified atom stereocenters. The molecule has 2 fully saturated rings. The summed E-state index contributed by atoms with van der Waals surface area (Å²) in [6, 6.07) is 7.22. The van der Waals surface area contributed by atoms with E-state index in [9.17, 15) is 4.39 Å². The van der Waals surface area contributed by atoms with Gasteiger partial charge in [-0.3, -0.25) is 4.90 Å². The van der Waals surface area contributed by atoms with Gasteiger partial charge in [-0.1, -0.05) is 17.3 Å². The number of oxime groups is 1. The Morgan fingerprint density at radius 1 is 1.15 bits per heavy atom. The summed E-state index contributed by atoms with van der Waals surface area (Å²) in [7, 11) is 0. The smallest absolute Gasteiger partial charge is 0.146 e. The third kappa shape index (κ3) is 2.50. The van der Waals surface area contributed by atoms with Crippen LogP contribution in [0.25, 0.3) is 0 Å². The van der Waals surface area contributed by atoms with E-state index in [-0.39, 0.29) is 11.9 Å². The zero-order chi connectivity index (χ0) is 13.9. The van der Waals surface area contributed by atoms with Gasteiger partial charge in [-0.2, -0.15) is 0 Å². The number of nitrogens with zero attached hydrogens (tertiary/aromatic N) is 3. The van der Waals surface area contributed by atoms with E-state index in [0.29, 0.717) is 5.69 Å². The summed E-state index contributed by atoms with van der Waals surface area (Å²) in [6.45, 7) is 3.41. The lowest BCUT2D eigenvalue weighted by Crippen LogP contribution is -2.51. The zero-order valence-corrected chi connectivity index (χ0v) is 11.5. The third-order valence-electron chi connectivity index (χ3n) is 4.37. The van der Waals surface area contributed by atoms with Crippen molar-refractivity contribution < 1.29 is 9.60 Å².